The zero-order chi connectivity index (χ0) is 27.3. The highest BCUT2D eigenvalue weighted by atomic mass is 19.1. The number of halogens is 1. The molecule has 4 heterocycles. The average Bonchev–Trinajstić information content (AvgIpc) is 3.69. The van der Waals surface area contributed by atoms with Gasteiger partial charge in [0, 0.05) is 44.2 Å². The van der Waals surface area contributed by atoms with Gasteiger partial charge in [-0.15, -0.1) is 0 Å². The number of aryl methyl sites for hydroxylation is 1. The quantitative estimate of drug-likeness (QED) is 0.366. The van der Waals surface area contributed by atoms with Gasteiger partial charge in [0.15, 0.2) is 5.82 Å². The second-order valence-electron chi connectivity index (χ2n) is 10.6. The van der Waals surface area contributed by atoms with Crippen molar-refractivity contribution in [1.29, 1.82) is 5.26 Å². The number of rotatable bonds is 6. The Kier molecular flexibility index (Phi) is 6.39. The average molecular weight is 528 g/mol. The molecule has 6 rings (SSSR count). The fourth-order valence-corrected chi connectivity index (χ4v) is 5.66. The lowest BCUT2D eigenvalue weighted by atomic mass is 9.97. The van der Waals surface area contributed by atoms with Crippen molar-refractivity contribution < 1.29 is 8.91 Å². The Morgan fingerprint density at radius 1 is 1.15 bits per heavy atom. The van der Waals surface area contributed by atoms with E-state index in [0.717, 1.165) is 36.3 Å². The number of anilines is 1. The molecule has 1 aliphatic heterocycles. The van der Waals surface area contributed by atoms with Crippen molar-refractivity contribution in [2.45, 2.75) is 57.2 Å². The van der Waals surface area contributed by atoms with Crippen LogP contribution in [0.3, 0.4) is 0 Å². The van der Waals surface area contributed by atoms with Gasteiger partial charge in [-0.2, -0.15) is 10.2 Å². The van der Waals surface area contributed by atoms with Crippen molar-refractivity contribution in [1.82, 2.24) is 24.6 Å². The molecule has 0 radical (unpaired) electrons. The summed E-state index contributed by atoms with van der Waals surface area (Å²) in [5.74, 6) is 1.31. The maximum Gasteiger partial charge on any atom is 0.252 e. The molecule has 1 saturated carbocycles. The molecular weight excluding hydrogens is 497 g/mol. The second-order valence-corrected chi connectivity index (χ2v) is 10.6. The van der Waals surface area contributed by atoms with E-state index in [2.05, 4.69) is 39.9 Å². The maximum atomic E-state index is 13.9. The van der Waals surface area contributed by atoms with Crippen LogP contribution in [-0.4, -0.2) is 49.8 Å². The van der Waals surface area contributed by atoms with Crippen molar-refractivity contribution in [3.63, 3.8) is 0 Å². The Hall–Kier alpha value is -4.10. The van der Waals surface area contributed by atoms with Crippen LogP contribution in [-0.2, 0) is 7.05 Å². The largest absolute Gasteiger partial charge is 0.364 e. The maximum absolute atomic E-state index is 13.9. The molecule has 200 valence electrons. The molecule has 2 fully saturated rings. The number of hydrogen-bond acceptors (Lipinski definition) is 8. The first-order valence-electron chi connectivity index (χ1n) is 13.4. The van der Waals surface area contributed by atoms with Crippen LogP contribution in [0.15, 0.2) is 51.8 Å². The van der Waals surface area contributed by atoms with E-state index >= 15 is 0 Å². The molecule has 1 aliphatic carbocycles. The van der Waals surface area contributed by atoms with Gasteiger partial charge in [0.2, 0.25) is 5.89 Å². The number of pyridine rings is 2. The molecule has 0 N–H and O–H groups in total. The molecule has 3 aromatic heterocycles. The van der Waals surface area contributed by atoms with Crippen LogP contribution >= 0.6 is 0 Å². The fourth-order valence-electron chi connectivity index (χ4n) is 5.66. The lowest BCUT2D eigenvalue weighted by Crippen LogP contribution is -2.58. The van der Waals surface area contributed by atoms with Crippen LogP contribution in [0, 0.1) is 17.1 Å². The third-order valence-corrected chi connectivity index (χ3v) is 8.00. The van der Waals surface area contributed by atoms with Gasteiger partial charge < -0.3 is 14.0 Å². The monoisotopic (exact) mass is 527 g/mol. The first-order valence-corrected chi connectivity index (χ1v) is 13.4. The summed E-state index contributed by atoms with van der Waals surface area (Å²) in [6, 6.07) is 13.4. The predicted molar refractivity (Wildman–Crippen MR) is 144 cm³/mol. The Morgan fingerprint density at radius 2 is 1.92 bits per heavy atom. The second kappa shape index (κ2) is 9.89. The normalized spacial score (nSPS) is 20.7. The van der Waals surface area contributed by atoms with Gasteiger partial charge in [-0.3, -0.25) is 9.69 Å². The smallest absolute Gasteiger partial charge is 0.252 e. The summed E-state index contributed by atoms with van der Waals surface area (Å²) in [5.41, 5.74) is 3.10. The molecule has 0 amide bonds. The van der Waals surface area contributed by atoms with Crippen LogP contribution in [0.25, 0.3) is 11.0 Å². The number of piperazine rings is 1. The molecule has 4 aromatic rings. The van der Waals surface area contributed by atoms with E-state index in [0.29, 0.717) is 41.6 Å². The summed E-state index contributed by atoms with van der Waals surface area (Å²) >= 11 is 0. The predicted octanol–water partition coefficient (Wildman–Crippen LogP) is 4.28. The van der Waals surface area contributed by atoms with Crippen molar-refractivity contribution in [3.8, 4) is 6.07 Å². The minimum atomic E-state index is -0.330. The van der Waals surface area contributed by atoms with Crippen LogP contribution in [0.4, 0.5) is 10.1 Å². The molecule has 1 saturated heterocycles. The first-order chi connectivity index (χ1) is 18.9. The Morgan fingerprint density at radius 3 is 2.62 bits per heavy atom. The summed E-state index contributed by atoms with van der Waals surface area (Å²) in [5, 5.41) is 13.7. The first kappa shape index (κ1) is 25.2. The number of nitrogens with zero attached hydrogens (tertiary/aromatic N) is 7. The molecule has 10 heteroatoms. The molecule has 0 bridgehead atoms. The lowest BCUT2D eigenvalue weighted by molar-refractivity contribution is 0.0976. The van der Waals surface area contributed by atoms with E-state index in [9.17, 15) is 14.4 Å². The highest BCUT2D eigenvalue weighted by Gasteiger charge is 2.40. The molecule has 2 aliphatic rings. The summed E-state index contributed by atoms with van der Waals surface area (Å²) in [4.78, 5) is 26.9. The van der Waals surface area contributed by atoms with Crippen LogP contribution in [0.2, 0.25) is 0 Å². The van der Waals surface area contributed by atoms with E-state index in [4.69, 9.17) is 9.51 Å². The van der Waals surface area contributed by atoms with Gasteiger partial charge in [-0.05, 0) is 56.0 Å². The molecule has 1 aromatic carbocycles. The molecule has 1 unspecified atom stereocenters. The van der Waals surface area contributed by atoms with Crippen LogP contribution in [0.5, 0.6) is 0 Å². The van der Waals surface area contributed by atoms with Gasteiger partial charge in [0.25, 0.3) is 5.56 Å². The number of nitriles is 1. The summed E-state index contributed by atoms with van der Waals surface area (Å²) in [6.07, 6.45) is 2.96. The standard InChI is InChI=1S/C29H30FN7O2/c1-4-22-16-36(24-13-25(38)35(3)23-12-11-21(14-31)32-26(23)24)17(2)15-37(22)27(18-7-9-20(30)10-8-18)29-33-28(34-39-29)19-5-6-19/h7-13,17,19,22,27H,4-6,15-16H2,1-3H3/t17-,22+,27?/m0/s1. The minimum absolute atomic E-state index is 0.00980. The fraction of sp³-hybridized carbons (Fsp3) is 0.414. The molecule has 9 nitrogen and oxygen atoms in total. The van der Waals surface area contributed by atoms with Gasteiger partial charge in [-0.1, -0.05) is 24.2 Å². The number of hydrogen-bond donors (Lipinski definition) is 0. The molecule has 0 spiro atoms. The summed E-state index contributed by atoms with van der Waals surface area (Å²) < 4.78 is 21.3. The zero-order valence-electron chi connectivity index (χ0n) is 22.2. The minimum Gasteiger partial charge on any atom is -0.364 e. The Balaban J connectivity index is 1.40. The summed E-state index contributed by atoms with van der Waals surface area (Å²) in [7, 11) is 1.71. The topological polar surface area (TPSA) is 104 Å². The Labute approximate surface area is 225 Å². The van der Waals surface area contributed by atoms with Crippen LogP contribution < -0.4 is 10.5 Å². The van der Waals surface area contributed by atoms with Gasteiger partial charge in [-0.25, -0.2) is 9.37 Å². The summed E-state index contributed by atoms with van der Waals surface area (Å²) in [6.45, 7) is 5.50. The van der Waals surface area contributed by atoms with Crippen molar-refractivity contribution in [3.05, 3.63) is 81.6 Å². The van der Waals surface area contributed by atoms with E-state index in [1.54, 1.807) is 41.9 Å². The van der Waals surface area contributed by atoms with Gasteiger partial charge in [0.05, 0.1) is 11.2 Å². The van der Waals surface area contributed by atoms with Crippen molar-refractivity contribution >= 4 is 16.7 Å². The van der Waals surface area contributed by atoms with Crippen LogP contribution in [0.1, 0.15) is 68.0 Å². The highest BCUT2D eigenvalue weighted by Crippen LogP contribution is 2.40. The highest BCUT2D eigenvalue weighted by molar-refractivity contribution is 5.89. The van der Waals surface area contributed by atoms with E-state index in [1.807, 2.05) is 0 Å². The third-order valence-electron chi connectivity index (χ3n) is 8.00. The number of benzene rings is 1. The van der Waals surface area contributed by atoms with Gasteiger partial charge >= 0.3 is 0 Å². The molecule has 39 heavy (non-hydrogen) atoms. The van der Waals surface area contributed by atoms with E-state index < -0.39 is 0 Å². The Bertz CT molecular complexity index is 1620. The SMILES string of the molecule is CC[C@@H]1CN(c2cc(=O)n(C)c3ccc(C#N)nc23)[C@@H](C)CN1C(c1ccc(F)cc1)c1nc(C2CC2)no1. The van der Waals surface area contributed by atoms with Crippen molar-refractivity contribution in [2.75, 3.05) is 18.0 Å². The lowest BCUT2D eigenvalue weighted by Gasteiger charge is -2.48. The third kappa shape index (κ3) is 4.57. The molecule has 3 atom stereocenters. The van der Waals surface area contributed by atoms with E-state index in [-0.39, 0.29) is 29.5 Å². The van der Waals surface area contributed by atoms with Crippen molar-refractivity contribution in [2.24, 2.45) is 7.05 Å². The number of aromatic nitrogens is 4. The van der Waals surface area contributed by atoms with Gasteiger partial charge in [0.1, 0.15) is 29.1 Å². The van der Waals surface area contributed by atoms with E-state index in [1.165, 1.54) is 12.1 Å². The zero-order valence-corrected chi connectivity index (χ0v) is 22.2. The molecular formula is C29H30FN7O2. The number of fused-ring (bicyclic) bond motifs is 1.